The highest BCUT2D eigenvalue weighted by Crippen LogP contribution is 2.35. The quantitative estimate of drug-likeness (QED) is 0.871. The van der Waals surface area contributed by atoms with Gasteiger partial charge in [0.1, 0.15) is 5.75 Å². The molecule has 2 nitrogen and oxygen atoms in total. The first-order valence-electron chi connectivity index (χ1n) is 5.67. The van der Waals surface area contributed by atoms with Gasteiger partial charge in [0.25, 0.3) is 0 Å². The molecule has 0 fully saturated rings. The van der Waals surface area contributed by atoms with Gasteiger partial charge < -0.3 is 10.5 Å². The third-order valence-electron chi connectivity index (χ3n) is 2.61. The van der Waals surface area contributed by atoms with E-state index in [9.17, 15) is 0 Å². The molecule has 0 heterocycles. The van der Waals surface area contributed by atoms with Crippen molar-refractivity contribution in [2.24, 2.45) is 5.73 Å². The van der Waals surface area contributed by atoms with E-state index in [1.54, 1.807) is 0 Å². The maximum absolute atomic E-state index is 6.16. The first-order chi connectivity index (χ1) is 7.49. The Hall–Kier alpha value is -0.730. The van der Waals surface area contributed by atoms with Crippen LogP contribution >= 0.6 is 11.6 Å². The lowest BCUT2D eigenvalue weighted by atomic mass is 9.98. The normalized spacial score (nSPS) is 12.6. The van der Waals surface area contributed by atoms with Crippen molar-refractivity contribution in [3.8, 4) is 5.75 Å². The molecule has 0 saturated heterocycles. The minimum absolute atomic E-state index is 0.0655. The zero-order valence-electron chi connectivity index (χ0n) is 10.4. The van der Waals surface area contributed by atoms with Crippen molar-refractivity contribution in [1.82, 2.24) is 0 Å². The van der Waals surface area contributed by atoms with Crippen molar-refractivity contribution in [2.45, 2.75) is 40.2 Å². The van der Waals surface area contributed by atoms with E-state index in [0.717, 1.165) is 33.9 Å². The monoisotopic (exact) mass is 241 g/mol. The van der Waals surface area contributed by atoms with Crippen LogP contribution in [0.25, 0.3) is 0 Å². The summed E-state index contributed by atoms with van der Waals surface area (Å²) < 4.78 is 5.78. The lowest BCUT2D eigenvalue weighted by molar-refractivity contribution is 0.310. The lowest BCUT2D eigenvalue weighted by Gasteiger charge is -2.19. The summed E-state index contributed by atoms with van der Waals surface area (Å²) in [5.41, 5.74) is 9.09. The van der Waals surface area contributed by atoms with Gasteiger partial charge in [0, 0.05) is 16.6 Å². The van der Waals surface area contributed by atoms with Crippen LogP contribution in [0.4, 0.5) is 0 Å². The van der Waals surface area contributed by atoms with Crippen LogP contribution in [0.1, 0.15) is 43.0 Å². The first-order valence-corrected chi connectivity index (χ1v) is 6.04. The molecule has 0 spiro atoms. The molecular weight excluding hydrogens is 222 g/mol. The smallest absolute Gasteiger partial charge is 0.127 e. The molecule has 0 aliphatic carbocycles. The van der Waals surface area contributed by atoms with Crippen molar-refractivity contribution < 1.29 is 4.74 Å². The molecular formula is C13H20ClNO. The van der Waals surface area contributed by atoms with Gasteiger partial charge in [-0.1, -0.05) is 18.5 Å². The second-order valence-electron chi connectivity index (χ2n) is 4.18. The minimum atomic E-state index is -0.0655. The van der Waals surface area contributed by atoms with Gasteiger partial charge in [-0.2, -0.15) is 0 Å². The van der Waals surface area contributed by atoms with Gasteiger partial charge in [-0.25, -0.2) is 0 Å². The standard InChI is InChI=1S/C13H20ClNO/c1-5-6-16-13-8(2)7-11(14)9(3)12(13)10(4)15/h7,10H,5-6,15H2,1-4H3. The van der Waals surface area contributed by atoms with E-state index in [2.05, 4.69) is 6.92 Å². The summed E-state index contributed by atoms with van der Waals surface area (Å²) in [5, 5.41) is 0.758. The fourth-order valence-electron chi connectivity index (χ4n) is 1.82. The van der Waals surface area contributed by atoms with Crippen molar-refractivity contribution in [1.29, 1.82) is 0 Å². The third kappa shape index (κ3) is 2.69. The van der Waals surface area contributed by atoms with Gasteiger partial charge in [0.15, 0.2) is 0 Å². The molecule has 0 amide bonds. The molecule has 0 bridgehead atoms. The Morgan fingerprint density at radius 2 is 2.06 bits per heavy atom. The molecule has 90 valence electrons. The summed E-state index contributed by atoms with van der Waals surface area (Å²) in [6.07, 6.45) is 0.986. The predicted molar refractivity (Wildman–Crippen MR) is 69.3 cm³/mol. The van der Waals surface area contributed by atoms with Crippen LogP contribution in [-0.4, -0.2) is 6.61 Å². The largest absolute Gasteiger partial charge is 0.493 e. The van der Waals surface area contributed by atoms with Gasteiger partial charge in [-0.15, -0.1) is 0 Å². The summed E-state index contributed by atoms with van der Waals surface area (Å²) in [6, 6.07) is 1.87. The average Bonchev–Trinajstić information content (AvgIpc) is 2.20. The van der Waals surface area contributed by atoms with Crippen LogP contribution in [0.3, 0.4) is 0 Å². The molecule has 1 aromatic rings. The van der Waals surface area contributed by atoms with E-state index in [1.165, 1.54) is 0 Å². The number of hydrogen-bond donors (Lipinski definition) is 1. The van der Waals surface area contributed by atoms with Crippen LogP contribution in [0.15, 0.2) is 6.07 Å². The highest BCUT2D eigenvalue weighted by molar-refractivity contribution is 6.31. The molecule has 0 saturated carbocycles. The topological polar surface area (TPSA) is 35.2 Å². The average molecular weight is 242 g/mol. The van der Waals surface area contributed by atoms with Crippen molar-refractivity contribution in [2.75, 3.05) is 6.61 Å². The van der Waals surface area contributed by atoms with Crippen LogP contribution in [0, 0.1) is 13.8 Å². The van der Waals surface area contributed by atoms with Crippen LogP contribution in [0.2, 0.25) is 5.02 Å². The SMILES string of the molecule is CCCOc1c(C)cc(Cl)c(C)c1C(C)N. The maximum atomic E-state index is 6.16. The second kappa shape index (κ2) is 5.55. The van der Waals surface area contributed by atoms with Crippen LogP contribution in [-0.2, 0) is 0 Å². The molecule has 1 aromatic carbocycles. The first kappa shape index (κ1) is 13.3. The van der Waals surface area contributed by atoms with Gasteiger partial charge in [-0.05, 0) is 44.4 Å². The summed E-state index contributed by atoms with van der Waals surface area (Å²) in [7, 11) is 0. The van der Waals surface area contributed by atoms with Crippen molar-refractivity contribution in [3.05, 3.63) is 27.8 Å². The molecule has 1 atom stereocenters. The molecule has 0 aliphatic heterocycles. The van der Waals surface area contributed by atoms with Crippen molar-refractivity contribution >= 4 is 11.6 Å². The van der Waals surface area contributed by atoms with E-state index in [1.807, 2.05) is 26.8 Å². The molecule has 16 heavy (non-hydrogen) atoms. The zero-order valence-corrected chi connectivity index (χ0v) is 11.2. The van der Waals surface area contributed by atoms with Crippen LogP contribution < -0.4 is 10.5 Å². The molecule has 3 heteroatoms. The van der Waals surface area contributed by atoms with Gasteiger partial charge in [0.2, 0.25) is 0 Å². The number of ether oxygens (including phenoxy) is 1. The highest BCUT2D eigenvalue weighted by atomic mass is 35.5. The van der Waals surface area contributed by atoms with Gasteiger partial charge in [-0.3, -0.25) is 0 Å². The zero-order chi connectivity index (χ0) is 12.3. The van der Waals surface area contributed by atoms with E-state index in [0.29, 0.717) is 6.61 Å². The Bertz CT molecular complexity index is 375. The van der Waals surface area contributed by atoms with Crippen LogP contribution in [0.5, 0.6) is 5.75 Å². The van der Waals surface area contributed by atoms with E-state index < -0.39 is 0 Å². The van der Waals surface area contributed by atoms with E-state index in [4.69, 9.17) is 22.1 Å². The molecule has 1 rings (SSSR count). The Morgan fingerprint density at radius 1 is 1.44 bits per heavy atom. The molecule has 0 aliphatic rings. The summed E-state index contributed by atoms with van der Waals surface area (Å²) >= 11 is 6.16. The van der Waals surface area contributed by atoms with E-state index >= 15 is 0 Å². The predicted octanol–water partition coefficient (Wildman–Crippen LogP) is 3.77. The Labute approximate surface area is 103 Å². The minimum Gasteiger partial charge on any atom is -0.493 e. The number of halogens is 1. The number of benzene rings is 1. The number of hydrogen-bond acceptors (Lipinski definition) is 2. The summed E-state index contributed by atoms with van der Waals surface area (Å²) in [6.45, 7) is 8.74. The molecule has 1 unspecified atom stereocenters. The Morgan fingerprint density at radius 3 is 2.56 bits per heavy atom. The molecule has 0 aromatic heterocycles. The molecule has 2 N–H and O–H groups in total. The summed E-state index contributed by atoms with van der Waals surface area (Å²) in [5.74, 6) is 0.902. The van der Waals surface area contributed by atoms with Gasteiger partial charge >= 0.3 is 0 Å². The van der Waals surface area contributed by atoms with E-state index in [-0.39, 0.29) is 6.04 Å². The van der Waals surface area contributed by atoms with Crippen molar-refractivity contribution in [3.63, 3.8) is 0 Å². The number of nitrogens with two attached hydrogens (primary N) is 1. The fourth-order valence-corrected chi connectivity index (χ4v) is 2.08. The Kier molecular flexibility index (Phi) is 4.63. The second-order valence-corrected chi connectivity index (χ2v) is 4.59. The maximum Gasteiger partial charge on any atom is 0.127 e. The number of aryl methyl sites for hydroxylation is 1. The lowest BCUT2D eigenvalue weighted by Crippen LogP contribution is -2.12. The number of rotatable bonds is 4. The fraction of sp³-hybridized carbons (Fsp3) is 0.538. The summed E-state index contributed by atoms with van der Waals surface area (Å²) in [4.78, 5) is 0. The van der Waals surface area contributed by atoms with Gasteiger partial charge in [0.05, 0.1) is 6.61 Å². The molecule has 0 radical (unpaired) electrons. The Balaban J connectivity index is 3.27. The third-order valence-corrected chi connectivity index (χ3v) is 3.01. The highest BCUT2D eigenvalue weighted by Gasteiger charge is 2.16.